The van der Waals surface area contributed by atoms with Crippen LogP contribution in [0.15, 0.2) is 48.7 Å². The molecule has 5 heteroatoms. The number of nitrogens with two attached hydrogens (primary N) is 2. The van der Waals surface area contributed by atoms with Gasteiger partial charge in [-0.2, -0.15) is 0 Å². The average molecular weight is 316 g/mol. The fraction of sp³-hybridized carbons (Fsp3) is 0.118. The van der Waals surface area contributed by atoms with Gasteiger partial charge in [0.25, 0.3) is 0 Å². The van der Waals surface area contributed by atoms with Crippen molar-refractivity contribution in [2.75, 3.05) is 6.54 Å². The van der Waals surface area contributed by atoms with E-state index in [0.29, 0.717) is 17.1 Å². The van der Waals surface area contributed by atoms with Crippen LogP contribution in [-0.2, 0) is 0 Å². The summed E-state index contributed by atoms with van der Waals surface area (Å²) in [6.07, 6.45) is 2.62. The maximum Gasteiger partial charge on any atom is 0.134 e. The third-order valence-electron chi connectivity index (χ3n) is 3.59. The Morgan fingerprint density at radius 3 is 2.32 bits per heavy atom. The lowest BCUT2D eigenvalue weighted by Crippen LogP contribution is -2.13. The molecule has 6 N–H and O–H groups in total. The summed E-state index contributed by atoms with van der Waals surface area (Å²) in [7, 11) is 0. The van der Waals surface area contributed by atoms with Crippen LogP contribution in [0.3, 0.4) is 0 Å². The van der Waals surface area contributed by atoms with Crippen LogP contribution in [0.2, 0.25) is 5.02 Å². The fourth-order valence-electron chi connectivity index (χ4n) is 2.34. The van der Waals surface area contributed by atoms with Crippen LogP contribution in [-0.4, -0.2) is 17.9 Å². The zero-order valence-electron chi connectivity index (χ0n) is 12.0. The first kappa shape index (κ1) is 16.1. The quantitative estimate of drug-likeness (QED) is 0.638. The van der Waals surface area contributed by atoms with E-state index < -0.39 is 0 Å². The van der Waals surface area contributed by atoms with Crippen molar-refractivity contribution in [1.29, 1.82) is 5.41 Å². The Kier molecular flexibility index (Phi) is 5.20. The molecule has 1 unspecified atom stereocenters. The minimum atomic E-state index is -0.0163. The van der Waals surface area contributed by atoms with Crippen molar-refractivity contribution < 1.29 is 5.11 Å². The van der Waals surface area contributed by atoms with E-state index in [-0.39, 0.29) is 11.7 Å². The summed E-state index contributed by atoms with van der Waals surface area (Å²) in [5.41, 5.74) is 14.9. The fourth-order valence-corrected chi connectivity index (χ4v) is 2.53. The molecule has 2 rings (SSSR count). The van der Waals surface area contributed by atoms with Gasteiger partial charge in [-0.15, -0.1) is 0 Å². The number of halogens is 1. The maximum absolute atomic E-state index is 9.52. The number of allylic oxidation sites excluding steroid dienone is 1. The topological polar surface area (TPSA) is 96.1 Å². The number of rotatable bonds is 5. The third kappa shape index (κ3) is 3.30. The van der Waals surface area contributed by atoms with Gasteiger partial charge >= 0.3 is 0 Å². The van der Waals surface area contributed by atoms with Crippen LogP contribution >= 0.6 is 11.6 Å². The molecule has 0 spiro atoms. The number of aromatic hydroxyl groups is 1. The van der Waals surface area contributed by atoms with Crippen molar-refractivity contribution in [2.45, 2.75) is 5.92 Å². The largest absolute Gasteiger partial charge is 0.506 e. The number of hydrogen-bond donors (Lipinski definition) is 4. The molecule has 0 saturated heterocycles. The second kappa shape index (κ2) is 7.11. The number of nitrogens with one attached hydrogen (secondary N) is 1. The van der Waals surface area contributed by atoms with Crippen molar-refractivity contribution in [3.63, 3.8) is 0 Å². The van der Waals surface area contributed by atoms with Crippen LogP contribution in [0, 0.1) is 5.41 Å². The molecule has 0 aliphatic heterocycles. The standard InChI is InChI=1S/C17H18ClN3O/c18-16-7-13(5-6-17(16)22)15(10-21)12-3-1-11(2-4-12)14(8-19)9-20/h1-9,15,19,22H,10,20-21H2/b14-9+,19-8?. The van der Waals surface area contributed by atoms with Gasteiger partial charge in [-0.05, 0) is 28.8 Å². The predicted molar refractivity (Wildman–Crippen MR) is 91.4 cm³/mol. The van der Waals surface area contributed by atoms with E-state index in [2.05, 4.69) is 0 Å². The van der Waals surface area contributed by atoms with Crippen LogP contribution in [0.5, 0.6) is 5.75 Å². The van der Waals surface area contributed by atoms with Gasteiger partial charge < -0.3 is 22.0 Å². The van der Waals surface area contributed by atoms with E-state index in [1.807, 2.05) is 30.3 Å². The first-order valence-corrected chi connectivity index (χ1v) is 7.19. The molecule has 0 saturated carbocycles. The Balaban J connectivity index is 2.35. The maximum atomic E-state index is 9.52. The van der Waals surface area contributed by atoms with Crippen molar-refractivity contribution in [3.8, 4) is 5.75 Å². The Hall–Kier alpha value is -2.30. The highest BCUT2D eigenvalue weighted by molar-refractivity contribution is 6.32. The number of phenolic OH excluding ortho intramolecular Hbond substituents is 1. The van der Waals surface area contributed by atoms with Crippen molar-refractivity contribution >= 4 is 23.4 Å². The molecule has 0 aliphatic carbocycles. The van der Waals surface area contributed by atoms with E-state index >= 15 is 0 Å². The summed E-state index contributed by atoms with van der Waals surface area (Å²) in [6.45, 7) is 0.421. The minimum Gasteiger partial charge on any atom is -0.506 e. The van der Waals surface area contributed by atoms with Crippen molar-refractivity contribution in [3.05, 3.63) is 70.4 Å². The first-order valence-electron chi connectivity index (χ1n) is 6.82. The van der Waals surface area contributed by atoms with Crippen LogP contribution in [0.25, 0.3) is 5.57 Å². The highest BCUT2D eigenvalue weighted by Crippen LogP contribution is 2.31. The average Bonchev–Trinajstić information content (AvgIpc) is 2.54. The molecule has 0 bridgehead atoms. The van der Waals surface area contributed by atoms with E-state index in [1.54, 1.807) is 12.1 Å². The van der Waals surface area contributed by atoms with Gasteiger partial charge in [-0.25, -0.2) is 0 Å². The highest BCUT2D eigenvalue weighted by atomic mass is 35.5. The van der Waals surface area contributed by atoms with Gasteiger partial charge in [0.15, 0.2) is 0 Å². The lowest BCUT2D eigenvalue weighted by Gasteiger charge is -2.17. The normalized spacial score (nSPS) is 12.9. The van der Waals surface area contributed by atoms with E-state index in [9.17, 15) is 5.11 Å². The predicted octanol–water partition coefficient (Wildman–Crippen LogP) is 3.09. The molecule has 1 atom stereocenters. The van der Waals surface area contributed by atoms with E-state index in [1.165, 1.54) is 12.4 Å². The van der Waals surface area contributed by atoms with E-state index in [4.69, 9.17) is 28.5 Å². The third-order valence-corrected chi connectivity index (χ3v) is 3.89. The number of hydrogen-bond acceptors (Lipinski definition) is 4. The second-order valence-electron chi connectivity index (χ2n) is 4.89. The molecule has 0 heterocycles. The SMILES string of the molecule is N=C/C(=C\N)c1ccc(C(CN)c2ccc(O)c(Cl)c2)cc1. The van der Waals surface area contributed by atoms with E-state index in [0.717, 1.165) is 16.7 Å². The van der Waals surface area contributed by atoms with Crippen LogP contribution in [0.1, 0.15) is 22.6 Å². The van der Waals surface area contributed by atoms with Crippen LogP contribution in [0.4, 0.5) is 0 Å². The Bertz CT molecular complexity index is 696. The Morgan fingerprint density at radius 2 is 1.82 bits per heavy atom. The molecule has 0 radical (unpaired) electrons. The summed E-state index contributed by atoms with van der Waals surface area (Å²) in [6, 6.07) is 12.8. The molecule has 0 fully saturated rings. The molecule has 0 aliphatic rings. The molecule has 4 nitrogen and oxygen atoms in total. The molecule has 2 aromatic rings. The number of phenols is 1. The molecule has 22 heavy (non-hydrogen) atoms. The van der Waals surface area contributed by atoms with Gasteiger partial charge in [0.1, 0.15) is 5.75 Å². The second-order valence-corrected chi connectivity index (χ2v) is 5.29. The smallest absolute Gasteiger partial charge is 0.134 e. The zero-order valence-corrected chi connectivity index (χ0v) is 12.7. The summed E-state index contributed by atoms with van der Waals surface area (Å²) in [5, 5.41) is 17.1. The number of benzene rings is 2. The summed E-state index contributed by atoms with van der Waals surface area (Å²) in [5.74, 6) is 0.0395. The molecule has 2 aromatic carbocycles. The minimum absolute atomic E-state index is 0.0163. The highest BCUT2D eigenvalue weighted by Gasteiger charge is 2.14. The lowest BCUT2D eigenvalue weighted by molar-refractivity contribution is 0.475. The molecule has 114 valence electrons. The van der Waals surface area contributed by atoms with Gasteiger partial charge in [0.2, 0.25) is 0 Å². The van der Waals surface area contributed by atoms with Crippen molar-refractivity contribution in [2.24, 2.45) is 11.5 Å². The summed E-state index contributed by atoms with van der Waals surface area (Å²) >= 11 is 5.97. The van der Waals surface area contributed by atoms with Gasteiger partial charge in [0, 0.05) is 30.5 Å². The van der Waals surface area contributed by atoms with Crippen molar-refractivity contribution in [1.82, 2.24) is 0 Å². The monoisotopic (exact) mass is 315 g/mol. The molecule has 0 aromatic heterocycles. The Labute approximate surface area is 134 Å². The Morgan fingerprint density at radius 1 is 1.18 bits per heavy atom. The zero-order chi connectivity index (χ0) is 16.1. The first-order chi connectivity index (χ1) is 10.6. The summed E-state index contributed by atoms with van der Waals surface area (Å²) < 4.78 is 0. The molecule has 0 amide bonds. The lowest BCUT2D eigenvalue weighted by atomic mass is 9.90. The van der Waals surface area contributed by atoms with Crippen LogP contribution < -0.4 is 11.5 Å². The summed E-state index contributed by atoms with van der Waals surface area (Å²) in [4.78, 5) is 0. The van der Waals surface area contributed by atoms with Gasteiger partial charge in [-0.3, -0.25) is 0 Å². The van der Waals surface area contributed by atoms with Gasteiger partial charge in [-0.1, -0.05) is 41.9 Å². The molecular weight excluding hydrogens is 298 g/mol. The molecular formula is C17H18ClN3O. The van der Waals surface area contributed by atoms with Gasteiger partial charge in [0.05, 0.1) is 5.02 Å².